The highest BCUT2D eigenvalue weighted by Gasteiger charge is 2.49. The Labute approximate surface area is 183 Å². The number of carbonyl (C=O) groups is 2. The number of ketones is 1. The molecule has 1 heterocycles. The summed E-state index contributed by atoms with van der Waals surface area (Å²) in [6, 6.07) is 2.21. The van der Waals surface area contributed by atoms with E-state index in [1.54, 1.807) is 0 Å². The summed E-state index contributed by atoms with van der Waals surface area (Å²) in [6.45, 7) is 1.76. The zero-order chi connectivity index (χ0) is 22.9. The number of carbonyl (C=O) groups excluding carboxylic acids is 2. The number of Topliss-reactive ketones (excluding diaryl/α,β-unsaturated/α-hetero) is 1. The van der Waals surface area contributed by atoms with Crippen molar-refractivity contribution in [2.75, 3.05) is 18.0 Å². The van der Waals surface area contributed by atoms with Gasteiger partial charge in [-0.25, -0.2) is 0 Å². The van der Waals surface area contributed by atoms with Gasteiger partial charge in [0.1, 0.15) is 28.6 Å². The van der Waals surface area contributed by atoms with Crippen LogP contribution in [-0.4, -0.2) is 51.2 Å². The normalized spacial score (nSPS) is 27.5. The van der Waals surface area contributed by atoms with Crippen LogP contribution in [0.15, 0.2) is 40.4 Å². The van der Waals surface area contributed by atoms with Crippen molar-refractivity contribution in [2.45, 2.75) is 31.7 Å². The Morgan fingerprint density at radius 1 is 1.00 bits per heavy atom. The van der Waals surface area contributed by atoms with Crippen molar-refractivity contribution in [3.05, 3.63) is 51.5 Å². The molecule has 9 nitrogen and oxygen atoms in total. The van der Waals surface area contributed by atoms with Gasteiger partial charge in [-0.3, -0.25) is 9.59 Å². The van der Waals surface area contributed by atoms with Crippen LogP contribution in [0.3, 0.4) is 0 Å². The predicted octanol–water partition coefficient (Wildman–Crippen LogP) is 1.47. The average Bonchev–Trinajstić information content (AvgIpc) is 3.26. The molecule has 1 fully saturated rings. The second kappa shape index (κ2) is 7.03. The predicted molar refractivity (Wildman–Crippen MR) is 116 cm³/mol. The Balaban J connectivity index is 1.73. The van der Waals surface area contributed by atoms with E-state index in [1.807, 2.05) is 6.07 Å². The number of nitrogens with two attached hydrogens (primary N) is 2. The number of amides is 1. The van der Waals surface area contributed by atoms with Crippen LogP contribution in [0.4, 0.5) is 5.69 Å². The third kappa shape index (κ3) is 2.67. The molecule has 1 aromatic rings. The summed E-state index contributed by atoms with van der Waals surface area (Å²) in [5.74, 6) is -4.55. The van der Waals surface area contributed by atoms with Gasteiger partial charge in [0.05, 0.1) is 11.6 Å². The maximum atomic E-state index is 12.6. The largest absolute Gasteiger partial charge is 0.507 e. The topological polar surface area (TPSA) is 170 Å². The first kappa shape index (κ1) is 20.4. The smallest absolute Gasteiger partial charge is 0.256 e. The van der Waals surface area contributed by atoms with Crippen molar-refractivity contribution in [3.63, 3.8) is 0 Å². The lowest BCUT2D eigenvalue weighted by molar-refractivity contribution is -0.123. The van der Waals surface area contributed by atoms with Crippen molar-refractivity contribution >= 4 is 23.1 Å². The van der Waals surface area contributed by atoms with Gasteiger partial charge < -0.3 is 36.8 Å². The number of primary amides is 1. The van der Waals surface area contributed by atoms with Crippen LogP contribution in [0.2, 0.25) is 0 Å². The second-order valence-electron chi connectivity index (χ2n) is 8.90. The van der Waals surface area contributed by atoms with Gasteiger partial charge in [-0.15, -0.1) is 0 Å². The minimum Gasteiger partial charge on any atom is -0.507 e. The van der Waals surface area contributed by atoms with Crippen LogP contribution in [0.25, 0.3) is 5.76 Å². The van der Waals surface area contributed by atoms with Gasteiger partial charge in [-0.2, -0.15) is 0 Å². The van der Waals surface area contributed by atoms with Crippen molar-refractivity contribution in [1.29, 1.82) is 0 Å². The summed E-state index contributed by atoms with van der Waals surface area (Å²) in [7, 11) is 0. The average molecular weight is 439 g/mol. The summed E-state index contributed by atoms with van der Waals surface area (Å²) in [6.07, 6.45) is 2.81. The quantitative estimate of drug-likeness (QED) is 0.376. The zero-order valence-corrected chi connectivity index (χ0v) is 17.3. The van der Waals surface area contributed by atoms with Crippen LogP contribution in [0.5, 0.6) is 5.75 Å². The Morgan fingerprint density at radius 2 is 1.69 bits per heavy atom. The van der Waals surface area contributed by atoms with Crippen LogP contribution in [0.1, 0.15) is 30.4 Å². The molecule has 3 aliphatic carbocycles. The Kier molecular flexibility index (Phi) is 4.49. The van der Waals surface area contributed by atoms with E-state index in [2.05, 4.69) is 4.90 Å². The molecule has 168 valence electrons. The molecule has 1 amide bonds. The first-order valence-electron chi connectivity index (χ1n) is 10.7. The molecule has 1 aliphatic heterocycles. The number of aliphatic hydroxyl groups is 3. The van der Waals surface area contributed by atoms with E-state index in [4.69, 9.17) is 11.5 Å². The molecular formula is C23H25N3O6. The van der Waals surface area contributed by atoms with Gasteiger partial charge in [0.25, 0.3) is 5.91 Å². The van der Waals surface area contributed by atoms with Gasteiger partial charge in [-0.1, -0.05) is 0 Å². The standard InChI is InChI=1S/C23H25N3O6/c24-18-11-8-9-7-10-12(26-5-1-2-6-26)3-4-13(27)15(10)19(28)14(9)20(29)16(11)21(30)17(22(18)31)23(25)32/h3-4,9,11,18,27-30H,1-2,5-8,24H2,(H2,25,32). The molecule has 4 aliphatic rings. The number of hydrogen-bond donors (Lipinski definition) is 6. The van der Waals surface area contributed by atoms with Crippen LogP contribution in [0, 0.1) is 11.8 Å². The highest BCUT2D eigenvalue weighted by atomic mass is 16.3. The molecule has 5 rings (SSSR count). The van der Waals surface area contributed by atoms with E-state index < -0.39 is 40.7 Å². The van der Waals surface area contributed by atoms with Crippen molar-refractivity contribution < 1.29 is 30.0 Å². The maximum absolute atomic E-state index is 12.6. The number of fused-ring (bicyclic) bond motifs is 3. The summed E-state index contributed by atoms with van der Waals surface area (Å²) in [5, 5.41) is 43.4. The second-order valence-corrected chi connectivity index (χ2v) is 8.90. The lowest BCUT2D eigenvalue weighted by atomic mass is 9.65. The monoisotopic (exact) mass is 439 g/mol. The van der Waals surface area contributed by atoms with E-state index in [9.17, 15) is 30.0 Å². The lowest BCUT2D eigenvalue weighted by Crippen LogP contribution is -2.49. The summed E-state index contributed by atoms with van der Waals surface area (Å²) in [5.41, 5.74) is 12.8. The number of hydrogen-bond acceptors (Lipinski definition) is 8. The summed E-state index contributed by atoms with van der Waals surface area (Å²) in [4.78, 5) is 26.5. The fourth-order valence-electron chi connectivity index (χ4n) is 5.73. The molecule has 3 unspecified atom stereocenters. The van der Waals surface area contributed by atoms with Gasteiger partial charge in [0.15, 0.2) is 5.78 Å². The van der Waals surface area contributed by atoms with E-state index >= 15 is 0 Å². The number of phenols is 1. The van der Waals surface area contributed by atoms with E-state index in [0.717, 1.165) is 37.2 Å². The summed E-state index contributed by atoms with van der Waals surface area (Å²) < 4.78 is 0. The highest BCUT2D eigenvalue weighted by Crippen LogP contribution is 2.52. The zero-order valence-electron chi connectivity index (χ0n) is 17.3. The molecule has 0 saturated carbocycles. The molecule has 0 bridgehead atoms. The molecule has 0 radical (unpaired) electrons. The molecule has 0 spiro atoms. The Hall–Kier alpha value is -3.46. The minimum absolute atomic E-state index is 0.0673. The van der Waals surface area contributed by atoms with Crippen molar-refractivity contribution in [1.82, 2.24) is 0 Å². The summed E-state index contributed by atoms with van der Waals surface area (Å²) >= 11 is 0. The fraction of sp³-hybridized carbons (Fsp3) is 0.391. The number of aliphatic hydroxyl groups excluding tert-OH is 3. The molecule has 1 aromatic carbocycles. The van der Waals surface area contributed by atoms with Gasteiger partial charge in [-0.05, 0) is 49.3 Å². The number of rotatable bonds is 2. The Bertz CT molecular complexity index is 1160. The SMILES string of the molecule is NC(=O)C1=C(O)C2=C(O)C3=C(O)c4c(O)ccc(N5CCCC5)c4CC3CC2C(N)C1=O. The van der Waals surface area contributed by atoms with Crippen LogP contribution in [-0.2, 0) is 16.0 Å². The van der Waals surface area contributed by atoms with Crippen molar-refractivity contribution in [3.8, 4) is 5.75 Å². The van der Waals surface area contributed by atoms with Crippen LogP contribution >= 0.6 is 0 Å². The Morgan fingerprint density at radius 3 is 2.34 bits per heavy atom. The molecule has 9 heteroatoms. The molecule has 1 saturated heterocycles. The number of nitrogens with zero attached hydrogens (tertiary/aromatic N) is 1. The van der Waals surface area contributed by atoms with E-state index in [-0.39, 0.29) is 40.6 Å². The van der Waals surface area contributed by atoms with Crippen LogP contribution < -0.4 is 16.4 Å². The molecule has 0 aromatic heterocycles. The first-order valence-corrected chi connectivity index (χ1v) is 10.7. The van der Waals surface area contributed by atoms with Crippen molar-refractivity contribution in [2.24, 2.45) is 23.3 Å². The molecule has 3 atom stereocenters. The van der Waals surface area contributed by atoms with Gasteiger partial charge in [0, 0.05) is 35.8 Å². The lowest BCUT2D eigenvalue weighted by Gasteiger charge is -2.41. The minimum atomic E-state index is -1.15. The van der Waals surface area contributed by atoms with Gasteiger partial charge >= 0.3 is 0 Å². The van der Waals surface area contributed by atoms with E-state index in [0.29, 0.717) is 6.42 Å². The maximum Gasteiger partial charge on any atom is 0.256 e. The molecular weight excluding hydrogens is 414 g/mol. The number of phenolic OH excluding ortho intramolecular Hbond substituents is 1. The third-order valence-electron chi connectivity index (χ3n) is 7.20. The number of allylic oxidation sites excluding steroid dienone is 2. The highest BCUT2D eigenvalue weighted by molar-refractivity contribution is 6.22. The fourth-order valence-corrected chi connectivity index (χ4v) is 5.73. The number of aromatic hydroxyl groups is 1. The first-order chi connectivity index (χ1) is 15.2. The molecule has 32 heavy (non-hydrogen) atoms. The number of anilines is 1. The van der Waals surface area contributed by atoms with E-state index in [1.165, 1.54) is 6.07 Å². The molecule has 8 N–H and O–H groups in total. The number of benzene rings is 1. The third-order valence-corrected chi connectivity index (χ3v) is 7.20. The van der Waals surface area contributed by atoms with Gasteiger partial charge in [0.2, 0.25) is 0 Å².